The lowest BCUT2D eigenvalue weighted by Gasteiger charge is -2.43. The van der Waals surface area contributed by atoms with Crippen LogP contribution in [0.25, 0.3) is 22.0 Å². The molecule has 156 valence electrons. The molecule has 1 aliphatic heterocycles. The molecule has 0 aromatic carbocycles. The van der Waals surface area contributed by atoms with E-state index in [0.29, 0.717) is 24.4 Å². The Labute approximate surface area is 175 Å². The number of rotatable bonds is 6. The number of pyridine rings is 3. The quantitative estimate of drug-likeness (QED) is 0.649. The van der Waals surface area contributed by atoms with Crippen molar-refractivity contribution in [2.24, 2.45) is 11.1 Å². The third-order valence-electron chi connectivity index (χ3n) is 5.90. The SMILES string of the molecule is CCC[C@H](O)c1cc(C)c(-c2cc3cnc(C4OCC4(C)C(N)=O)cc3cn2)cn1. The third-order valence-corrected chi connectivity index (χ3v) is 5.90. The fourth-order valence-electron chi connectivity index (χ4n) is 3.82. The van der Waals surface area contributed by atoms with E-state index in [0.717, 1.165) is 34.0 Å². The minimum atomic E-state index is -0.735. The van der Waals surface area contributed by atoms with Crippen molar-refractivity contribution in [1.82, 2.24) is 15.0 Å². The maximum atomic E-state index is 11.8. The van der Waals surface area contributed by atoms with Gasteiger partial charge in [-0.15, -0.1) is 0 Å². The lowest BCUT2D eigenvalue weighted by atomic mass is 9.77. The molecule has 3 N–H and O–H groups in total. The number of nitrogens with two attached hydrogens (primary N) is 1. The summed E-state index contributed by atoms with van der Waals surface area (Å²) in [5.41, 5.74) is 8.87. The first kappa shape index (κ1) is 20.4. The Morgan fingerprint density at radius 2 is 1.97 bits per heavy atom. The van der Waals surface area contributed by atoms with E-state index in [2.05, 4.69) is 15.0 Å². The molecule has 4 heterocycles. The minimum absolute atomic E-state index is 0.305. The molecule has 0 aliphatic carbocycles. The fraction of sp³-hybridized carbons (Fsp3) is 0.391. The van der Waals surface area contributed by atoms with E-state index < -0.39 is 17.6 Å². The van der Waals surface area contributed by atoms with Gasteiger partial charge in [0.1, 0.15) is 11.5 Å². The van der Waals surface area contributed by atoms with E-state index >= 15 is 0 Å². The van der Waals surface area contributed by atoms with Crippen LogP contribution in [-0.2, 0) is 9.53 Å². The summed E-state index contributed by atoms with van der Waals surface area (Å²) >= 11 is 0. The maximum Gasteiger partial charge on any atom is 0.228 e. The highest BCUT2D eigenvalue weighted by Crippen LogP contribution is 2.45. The van der Waals surface area contributed by atoms with Crippen molar-refractivity contribution in [2.75, 3.05) is 6.61 Å². The topological polar surface area (TPSA) is 111 Å². The van der Waals surface area contributed by atoms with Crippen LogP contribution in [-0.4, -0.2) is 32.6 Å². The lowest BCUT2D eigenvalue weighted by molar-refractivity contribution is -0.191. The first-order valence-corrected chi connectivity index (χ1v) is 10.2. The zero-order valence-corrected chi connectivity index (χ0v) is 17.4. The minimum Gasteiger partial charge on any atom is -0.387 e. The molecule has 1 aliphatic rings. The van der Waals surface area contributed by atoms with Crippen LogP contribution in [0.3, 0.4) is 0 Å². The number of hydrogen-bond acceptors (Lipinski definition) is 6. The molecule has 7 heteroatoms. The van der Waals surface area contributed by atoms with E-state index in [9.17, 15) is 9.90 Å². The number of aromatic nitrogens is 3. The van der Waals surface area contributed by atoms with Crippen molar-refractivity contribution >= 4 is 16.7 Å². The number of aliphatic hydroxyl groups is 1. The molecule has 7 nitrogen and oxygen atoms in total. The Morgan fingerprint density at radius 1 is 1.23 bits per heavy atom. The second kappa shape index (κ2) is 7.74. The van der Waals surface area contributed by atoms with Crippen LogP contribution >= 0.6 is 0 Å². The van der Waals surface area contributed by atoms with E-state index in [1.54, 1.807) is 25.5 Å². The molecule has 3 aromatic heterocycles. The summed E-state index contributed by atoms with van der Waals surface area (Å²) in [6, 6.07) is 5.78. The summed E-state index contributed by atoms with van der Waals surface area (Å²) in [6.07, 6.45) is 5.92. The molecule has 0 saturated carbocycles. The predicted octanol–water partition coefficient (Wildman–Crippen LogP) is 3.40. The average Bonchev–Trinajstić information content (AvgIpc) is 2.72. The van der Waals surface area contributed by atoms with Crippen molar-refractivity contribution in [3.8, 4) is 11.3 Å². The number of carbonyl (C=O) groups excluding carboxylic acids is 1. The Balaban J connectivity index is 1.64. The second-order valence-electron chi connectivity index (χ2n) is 8.23. The van der Waals surface area contributed by atoms with Crippen LogP contribution < -0.4 is 5.73 Å². The molecule has 3 atom stereocenters. The standard InChI is InChI=1S/C23H26N4O3/c1-4-5-20(28)18-6-13(2)16(11-27-18)17-7-14-10-26-19(8-15(14)9-25-17)21-23(3,12-30-21)22(24)29/h6-11,20-21,28H,4-5,12H2,1-3H3,(H2,24,29)/t20-,21?,23?/m0/s1. The maximum absolute atomic E-state index is 11.8. The van der Waals surface area contributed by atoms with Gasteiger partial charge in [0, 0.05) is 34.9 Å². The Morgan fingerprint density at radius 3 is 2.60 bits per heavy atom. The number of amides is 1. The molecule has 2 unspecified atom stereocenters. The van der Waals surface area contributed by atoms with Gasteiger partial charge < -0.3 is 15.6 Å². The molecule has 0 bridgehead atoms. The van der Waals surface area contributed by atoms with Crippen LogP contribution in [0.5, 0.6) is 0 Å². The smallest absolute Gasteiger partial charge is 0.228 e. The Bertz CT molecular complexity index is 1120. The zero-order valence-electron chi connectivity index (χ0n) is 17.4. The number of primary amides is 1. The highest BCUT2D eigenvalue weighted by Gasteiger charge is 2.51. The average molecular weight is 406 g/mol. The normalized spacial score (nSPS) is 21.9. The van der Waals surface area contributed by atoms with Crippen molar-refractivity contribution in [2.45, 2.75) is 45.8 Å². The number of fused-ring (bicyclic) bond motifs is 1. The highest BCUT2D eigenvalue weighted by atomic mass is 16.5. The number of nitrogens with zero attached hydrogens (tertiary/aromatic N) is 3. The van der Waals surface area contributed by atoms with E-state index in [1.165, 1.54) is 0 Å². The summed E-state index contributed by atoms with van der Waals surface area (Å²) in [4.78, 5) is 25.3. The van der Waals surface area contributed by atoms with Gasteiger partial charge in [-0.05, 0) is 44.0 Å². The van der Waals surface area contributed by atoms with Gasteiger partial charge in [0.15, 0.2) is 0 Å². The van der Waals surface area contributed by atoms with Crippen molar-refractivity contribution in [3.05, 3.63) is 53.7 Å². The third kappa shape index (κ3) is 3.44. The largest absolute Gasteiger partial charge is 0.387 e. The number of carbonyl (C=O) groups is 1. The van der Waals surface area contributed by atoms with Crippen LogP contribution in [0.15, 0.2) is 36.8 Å². The Hall–Kier alpha value is -2.90. The molecule has 30 heavy (non-hydrogen) atoms. The number of aryl methyl sites for hydroxylation is 1. The van der Waals surface area contributed by atoms with Gasteiger partial charge in [-0.1, -0.05) is 13.3 Å². The summed E-state index contributed by atoms with van der Waals surface area (Å²) in [6.45, 7) is 6.13. The number of ether oxygens (including phenoxy) is 1. The van der Waals surface area contributed by atoms with Crippen molar-refractivity contribution < 1.29 is 14.6 Å². The molecule has 3 aromatic rings. The molecule has 1 fully saturated rings. The van der Waals surface area contributed by atoms with Crippen LogP contribution in [0.4, 0.5) is 0 Å². The summed E-state index contributed by atoms with van der Waals surface area (Å²) in [5, 5.41) is 12.0. The van der Waals surface area contributed by atoms with Crippen LogP contribution in [0, 0.1) is 12.3 Å². The van der Waals surface area contributed by atoms with Crippen LogP contribution in [0.1, 0.15) is 55.8 Å². The summed E-state index contributed by atoms with van der Waals surface area (Å²) in [7, 11) is 0. The molecule has 0 spiro atoms. The summed E-state index contributed by atoms with van der Waals surface area (Å²) in [5.74, 6) is -0.385. The summed E-state index contributed by atoms with van der Waals surface area (Å²) < 4.78 is 5.59. The first-order chi connectivity index (χ1) is 14.3. The molecule has 4 rings (SSSR count). The molecule has 1 amide bonds. The molecule has 1 saturated heterocycles. The van der Waals surface area contributed by atoms with Gasteiger partial charge >= 0.3 is 0 Å². The van der Waals surface area contributed by atoms with Gasteiger partial charge in [0.2, 0.25) is 5.91 Å². The number of hydrogen-bond donors (Lipinski definition) is 2. The van der Waals surface area contributed by atoms with Gasteiger partial charge in [-0.2, -0.15) is 0 Å². The van der Waals surface area contributed by atoms with Gasteiger partial charge in [-0.3, -0.25) is 19.7 Å². The van der Waals surface area contributed by atoms with E-state index in [4.69, 9.17) is 10.5 Å². The zero-order chi connectivity index (χ0) is 21.5. The van der Waals surface area contributed by atoms with E-state index in [1.807, 2.05) is 32.0 Å². The monoisotopic (exact) mass is 406 g/mol. The van der Waals surface area contributed by atoms with Gasteiger partial charge in [0.05, 0.1) is 29.8 Å². The molecular formula is C23H26N4O3. The predicted molar refractivity (Wildman–Crippen MR) is 113 cm³/mol. The molecule has 0 radical (unpaired) electrons. The van der Waals surface area contributed by atoms with Crippen molar-refractivity contribution in [1.29, 1.82) is 0 Å². The first-order valence-electron chi connectivity index (χ1n) is 10.2. The number of aliphatic hydroxyl groups excluding tert-OH is 1. The Kier molecular flexibility index (Phi) is 5.26. The van der Waals surface area contributed by atoms with Crippen molar-refractivity contribution in [3.63, 3.8) is 0 Å². The van der Waals surface area contributed by atoms with Gasteiger partial charge in [0.25, 0.3) is 0 Å². The fourth-order valence-corrected chi connectivity index (χ4v) is 3.82. The van der Waals surface area contributed by atoms with Crippen LogP contribution in [0.2, 0.25) is 0 Å². The van der Waals surface area contributed by atoms with E-state index in [-0.39, 0.29) is 5.91 Å². The highest BCUT2D eigenvalue weighted by molar-refractivity contribution is 5.86. The van der Waals surface area contributed by atoms with Gasteiger partial charge in [-0.25, -0.2) is 0 Å². The lowest BCUT2D eigenvalue weighted by Crippen LogP contribution is -2.52. The second-order valence-corrected chi connectivity index (χ2v) is 8.23. The molecular weight excluding hydrogens is 380 g/mol.